The highest BCUT2D eigenvalue weighted by Crippen LogP contribution is 2.28. The molecular formula is C19H32N2O4. The predicted molar refractivity (Wildman–Crippen MR) is 93.7 cm³/mol. The molecule has 6 heteroatoms. The van der Waals surface area contributed by atoms with Crippen LogP contribution >= 0.6 is 0 Å². The van der Waals surface area contributed by atoms with Gasteiger partial charge in [-0.05, 0) is 57.8 Å². The van der Waals surface area contributed by atoms with E-state index in [-0.39, 0.29) is 35.9 Å². The van der Waals surface area contributed by atoms with Gasteiger partial charge in [-0.25, -0.2) is 0 Å². The Morgan fingerprint density at radius 2 is 0.960 bits per heavy atom. The second-order valence-corrected chi connectivity index (χ2v) is 8.02. The third-order valence-corrected chi connectivity index (χ3v) is 6.21. The summed E-state index contributed by atoms with van der Waals surface area (Å²) in [5, 5.41) is 19.2. The quantitative estimate of drug-likeness (QED) is 0.781. The van der Waals surface area contributed by atoms with E-state index in [1.807, 2.05) is 9.80 Å². The van der Waals surface area contributed by atoms with Crippen LogP contribution in [0.4, 0.5) is 0 Å². The van der Waals surface area contributed by atoms with Crippen molar-refractivity contribution in [2.24, 2.45) is 11.8 Å². The monoisotopic (exact) mass is 352 g/mol. The molecule has 0 atom stereocenters. The third kappa shape index (κ3) is 4.73. The van der Waals surface area contributed by atoms with Gasteiger partial charge in [0.25, 0.3) is 0 Å². The van der Waals surface area contributed by atoms with Crippen LogP contribution in [0, 0.1) is 11.8 Å². The van der Waals surface area contributed by atoms with Crippen molar-refractivity contribution >= 4 is 11.8 Å². The van der Waals surface area contributed by atoms with Crippen LogP contribution in [0.2, 0.25) is 0 Å². The molecule has 1 saturated heterocycles. The second kappa shape index (κ2) is 8.49. The maximum Gasteiger partial charge on any atom is 0.225 e. The number of aliphatic hydroxyl groups is 2. The molecule has 0 aromatic heterocycles. The first-order valence-electron chi connectivity index (χ1n) is 9.98. The summed E-state index contributed by atoms with van der Waals surface area (Å²) in [7, 11) is 0. The molecular weight excluding hydrogens is 320 g/mol. The van der Waals surface area contributed by atoms with Crippen molar-refractivity contribution in [3.05, 3.63) is 0 Å². The van der Waals surface area contributed by atoms with Gasteiger partial charge >= 0.3 is 0 Å². The fraction of sp³-hybridized carbons (Fsp3) is 0.895. The molecule has 2 saturated carbocycles. The number of carbonyl (C=O) groups is 2. The van der Waals surface area contributed by atoms with Crippen LogP contribution in [0.3, 0.4) is 0 Å². The fourth-order valence-corrected chi connectivity index (χ4v) is 4.52. The van der Waals surface area contributed by atoms with Crippen LogP contribution in [0.5, 0.6) is 0 Å². The molecule has 3 aliphatic rings. The van der Waals surface area contributed by atoms with Gasteiger partial charge in [0.1, 0.15) is 0 Å². The molecule has 6 nitrogen and oxygen atoms in total. The molecule has 25 heavy (non-hydrogen) atoms. The lowest BCUT2D eigenvalue weighted by molar-refractivity contribution is -0.139. The van der Waals surface area contributed by atoms with Crippen molar-refractivity contribution in [2.75, 3.05) is 26.2 Å². The maximum atomic E-state index is 12.7. The van der Waals surface area contributed by atoms with Crippen molar-refractivity contribution in [3.63, 3.8) is 0 Å². The Labute approximate surface area is 150 Å². The van der Waals surface area contributed by atoms with Crippen molar-refractivity contribution in [2.45, 2.75) is 70.0 Å². The van der Waals surface area contributed by atoms with E-state index >= 15 is 0 Å². The Balaban J connectivity index is 1.50. The number of hydrogen-bond donors (Lipinski definition) is 2. The average molecular weight is 352 g/mol. The van der Waals surface area contributed by atoms with Gasteiger partial charge in [0.05, 0.1) is 12.2 Å². The largest absolute Gasteiger partial charge is 0.393 e. The average Bonchev–Trinajstić information content (AvgIpc) is 2.88. The molecule has 2 N–H and O–H groups in total. The summed E-state index contributed by atoms with van der Waals surface area (Å²) in [4.78, 5) is 29.3. The van der Waals surface area contributed by atoms with E-state index < -0.39 is 0 Å². The lowest BCUT2D eigenvalue weighted by Gasteiger charge is -2.31. The molecule has 142 valence electrons. The summed E-state index contributed by atoms with van der Waals surface area (Å²) in [6, 6.07) is 0. The topological polar surface area (TPSA) is 81.1 Å². The molecule has 3 rings (SSSR count). The minimum Gasteiger partial charge on any atom is -0.393 e. The van der Waals surface area contributed by atoms with Gasteiger partial charge < -0.3 is 20.0 Å². The van der Waals surface area contributed by atoms with E-state index in [0.29, 0.717) is 13.1 Å². The van der Waals surface area contributed by atoms with Crippen molar-refractivity contribution in [3.8, 4) is 0 Å². The highest BCUT2D eigenvalue weighted by atomic mass is 16.3. The minimum absolute atomic E-state index is 0.0467. The van der Waals surface area contributed by atoms with Gasteiger partial charge in [0, 0.05) is 38.0 Å². The predicted octanol–water partition coefficient (Wildman–Crippen LogP) is 1.15. The van der Waals surface area contributed by atoms with E-state index in [1.165, 1.54) is 0 Å². The SMILES string of the molecule is O=C(C1CCC(O)CC1)N1CCCN(C(=O)C2CCC(O)CC2)CC1. The molecule has 0 aromatic rings. The highest BCUT2D eigenvalue weighted by Gasteiger charge is 2.32. The molecule has 1 aliphatic heterocycles. The lowest BCUT2D eigenvalue weighted by atomic mass is 9.86. The van der Waals surface area contributed by atoms with E-state index in [2.05, 4.69) is 0 Å². The Morgan fingerprint density at radius 1 is 0.600 bits per heavy atom. The van der Waals surface area contributed by atoms with Crippen LogP contribution in [-0.4, -0.2) is 70.2 Å². The Hall–Kier alpha value is -1.14. The molecule has 0 aromatic carbocycles. The number of hydrogen-bond acceptors (Lipinski definition) is 4. The molecule has 2 amide bonds. The van der Waals surface area contributed by atoms with Crippen molar-refractivity contribution < 1.29 is 19.8 Å². The minimum atomic E-state index is -0.240. The van der Waals surface area contributed by atoms with Crippen LogP contribution in [0.15, 0.2) is 0 Å². The third-order valence-electron chi connectivity index (χ3n) is 6.21. The Morgan fingerprint density at radius 3 is 1.32 bits per heavy atom. The van der Waals surface area contributed by atoms with E-state index in [9.17, 15) is 19.8 Å². The van der Waals surface area contributed by atoms with E-state index in [0.717, 1.165) is 70.9 Å². The molecule has 3 fully saturated rings. The number of carbonyl (C=O) groups excluding carboxylic acids is 2. The van der Waals surface area contributed by atoms with Crippen LogP contribution in [0.25, 0.3) is 0 Å². The van der Waals surface area contributed by atoms with Crippen LogP contribution in [-0.2, 0) is 9.59 Å². The Kier molecular flexibility index (Phi) is 6.34. The summed E-state index contributed by atoms with van der Waals surface area (Å²) in [6.07, 6.45) is 6.38. The molecule has 0 spiro atoms. The summed E-state index contributed by atoms with van der Waals surface area (Å²) in [6.45, 7) is 2.70. The van der Waals surface area contributed by atoms with Gasteiger partial charge in [0.2, 0.25) is 11.8 Å². The first kappa shape index (κ1) is 18.6. The number of rotatable bonds is 2. The summed E-state index contributed by atoms with van der Waals surface area (Å²) >= 11 is 0. The lowest BCUT2D eigenvalue weighted by Crippen LogP contribution is -2.42. The first-order chi connectivity index (χ1) is 12.0. The van der Waals surface area contributed by atoms with Gasteiger partial charge in [-0.15, -0.1) is 0 Å². The number of aliphatic hydroxyl groups excluding tert-OH is 2. The summed E-state index contributed by atoms with van der Waals surface area (Å²) in [5.41, 5.74) is 0. The molecule has 2 aliphatic carbocycles. The second-order valence-electron chi connectivity index (χ2n) is 8.02. The van der Waals surface area contributed by atoms with Crippen molar-refractivity contribution in [1.82, 2.24) is 9.80 Å². The first-order valence-corrected chi connectivity index (χ1v) is 9.98. The fourth-order valence-electron chi connectivity index (χ4n) is 4.52. The molecule has 0 unspecified atom stereocenters. The van der Waals surface area contributed by atoms with Gasteiger partial charge in [-0.3, -0.25) is 9.59 Å². The molecule has 1 heterocycles. The smallest absolute Gasteiger partial charge is 0.225 e. The van der Waals surface area contributed by atoms with Gasteiger partial charge in [0.15, 0.2) is 0 Å². The van der Waals surface area contributed by atoms with E-state index in [1.54, 1.807) is 0 Å². The van der Waals surface area contributed by atoms with Crippen LogP contribution in [0.1, 0.15) is 57.8 Å². The zero-order valence-electron chi connectivity index (χ0n) is 15.1. The maximum absolute atomic E-state index is 12.7. The zero-order valence-corrected chi connectivity index (χ0v) is 15.1. The summed E-state index contributed by atoms with van der Waals surface area (Å²) in [5.74, 6) is 0.514. The number of nitrogens with zero attached hydrogens (tertiary/aromatic N) is 2. The normalized spacial score (nSPS) is 34.5. The van der Waals surface area contributed by atoms with Gasteiger partial charge in [-0.2, -0.15) is 0 Å². The Bertz CT molecular complexity index is 426. The molecule has 0 radical (unpaired) electrons. The molecule has 0 bridgehead atoms. The number of amides is 2. The standard InChI is InChI=1S/C19H32N2O4/c22-16-6-2-14(3-7-16)18(24)20-10-1-11-21(13-12-20)19(25)15-4-8-17(23)9-5-15/h14-17,22-23H,1-13H2. The van der Waals surface area contributed by atoms with E-state index in [4.69, 9.17) is 0 Å². The van der Waals surface area contributed by atoms with Gasteiger partial charge in [-0.1, -0.05) is 0 Å². The summed E-state index contributed by atoms with van der Waals surface area (Å²) < 4.78 is 0. The zero-order chi connectivity index (χ0) is 17.8. The van der Waals surface area contributed by atoms with Crippen LogP contribution < -0.4 is 0 Å². The highest BCUT2D eigenvalue weighted by molar-refractivity contribution is 5.80. The van der Waals surface area contributed by atoms with Crippen molar-refractivity contribution in [1.29, 1.82) is 0 Å².